The first-order chi connectivity index (χ1) is 17.8. The van der Waals surface area contributed by atoms with Crippen molar-refractivity contribution in [3.05, 3.63) is 68.0 Å². The third-order valence-electron chi connectivity index (χ3n) is 6.71. The summed E-state index contributed by atoms with van der Waals surface area (Å²) in [5, 5.41) is 15.4. The fourth-order valence-electron chi connectivity index (χ4n) is 4.81. The third-order valence-corrected chi connectivity index (χ3v) is 8.04. The number of anilines is 1. The van der Waals surface area contributed by atoms with Gasteiger partial charge in [0.05, 0.1) is 32.1 Å². The molecule has 0 saturated heterocycles. The van der Waals surface area contributed by atoms with E-state index in [2.05, 4.69) is 31.5 Å². The van der Waals surface area contributed by atoms with Gasteiger partial charge in [0.25, 0.3) is 5.91 Å². The van der Waals surface area contributed by atoms with E-state index in [-0.39, 0.29) is 41.0 Å². The number of ether oxygens (including phenoxy) is 1. The van der Waals surface area contributed by atoms with E-state index in [9.17, 15) is 14.4 Å². The van der Waals surface area contributed by atoms with Crippen LogP contribution in [0.25, 0.3) is 0 Å². The highest BCUT2D eigenvalue weighted by atomic mass is 79.9. The first-order valence-electron chi connectivity index (χ1n) is 11.9. The quantitative estimate of drug-likeness (QED) is 0.349. The van der Waals surface area contributed by atoms with Gasteiger partial charge in [-0.25, -0.2) is 4.79 Å². The highest BCUT2D eigenvalue weighted by Gasteiger charge is 2.53. The van der Waals surface area contributed by atoms with Crippen molar-refractivity contribution >= 4 is 62.5 Å². The van der Waals surface area contributed by atoms with Gasteiger partial charge in [-0.15, -0.1) is 0 Å². The van der Waals surface area contributed by atoms with Crippen LogP contribution >= 0.6 is 39.1 Å². The van der Waals surface area contributed by atoms with Gasteiger partial charge >= 0.3 is 5.97 Å². The van der Waals surface area contributed by atoms with Crippen molar-refractivity contribution in [1.82, 2.24) is 10.3 Å². The first kappa shape index (κ1) is 27.6. The lowest BCUT2D eigenvalue weighted by Crippen LogP contribution is -2.53. The van der Waals surface area contributed by atoms with Crippen LogP contribution in [0.15, 0.2) is 46.8 Å². The Kier molecular flexibility index (Phi) is 8.90. The largest absolute Gasteiger partial charge is 0.462 e. The molecule has 4 rings (SSSR count). The summed E-state index contributed by atoms with van der Waals surface area (Å²) in [4.78, 5) is 42.1. The number of nitrogens with zero attached hydrogens (tertiary/aromatic N) is 1. The lowest BCUT2D eigenvalue weighted by Gasteiger charge is -2.46. The Morgan fingerprint density at radius 1 is 1.11 bits per heavy atom. The van der Waals surface area contributed by atoms with Crippen LogP contribution < -0.4 is 10.6 Å². The van der Waals surface area contributed by atoms with Crippen molar-refractivity contribution in [2.45, 2.75) is 44.6 Å². The molecule has 1 spiro atoms. The van der Waals surface area contributed by atoms with Crippen molar-refractivity contribution in [3.63, 3.8) is 0 Å². The smallest absolute Gasteiger partial charge is 0.328 e. The number of aliphatic hydroxyl groups excluding tert-OH is 1. The number of nitrogens with one attached hydrogen (secondary N) is 2. The number of amides is 1. The zero-order chi connectivity index (χ0) is 26.6. The number of rotatable bonds is 9. The van der Waals surface area contributed by atoms with Crippen LogP contribution in [0, 0.1) is 5.41 Å². The zero-order valence-corrected chi connectivity index (χ0v) is 23.0. The Morgan fingerprint density at radius 2 is 1.76 bits per heavy atom. The van der Waals surface area contributed by atoms with Crippen LogP contribution in [0.5, 0.6) is 0 Å². The molecule has 1 aromatic carbocycles. The Hall–Kier alpha value is -2.46. The van der Waals surface area contributed by atoms with E-state index in [1.807, 2.05) is 0 Å². The number of pyridine rings is 1. The average Bonchev–Trinajstić information content (AvgIpc) is 2.90. The second-order valence-corrected chi connectivity index (χ2v) is 10.7. The molecule has 0 radical (unpaired) electrons. The Bertz CT molecular complexity index is 1210. The van der Waals surface area contributed by atoms with E-state index in [1.54, 1.807) is 24.3 Å². The van der Waals surface area contributed by atoms with Crippen molar-refractivity contribution in [1.29, 1.82) is 0 Å². The van der Waals surface area contributed by atoms with Gasteiger partial charge in [-0.1, -0.05) is 54.6 Å². The van der Waals surface area contributed by atoms with Gasteiger partial charge in [0.15, 0.2) is 5.78 Å². The monoisotopic (exact) mass is 609 g/mol. The average molecular weight is 611 g/mol. The van der Waals surface area contributed by atoms with Crippen LogP contribution in [0.3, 0.4) is 0 Å². The molecule has 2 aromatic rings. The number of allylic oxidation sites excluding steroid dienone is 2. The molecule has 37 heavy (non-hydrogen) atoms. The normalized spacial score (nSPS) is 17.2. The van der Waals surface area contributed by atoms with Gasteiger partial charge in [-0.05, 0) is 46.5 Å². The minimum absolute atomic E-state index is 0.0756. The number of hydrogen-bond acceptors (Lipinski definition) is 7. The van der Waals surface area contributed by atoms with Crippen molar-refractivity contribution in [2.75, 3.05) is 18.5 Å². The Labute approximate surface area is 232 Å². The van der Waals surface area contributed by atoms with Gasteiger partial charge in [-0.2, -0.15) is 0 Å². The molecule has 2 aliphatic rings. The van der Waals surface area contributed by atoms with Crippen molar-refractivity contribution in [3.8, 4) is 0 Å². The summed E-state index contributed by atoms with van der Waals surface area (Å²) in [6.07, 6.45) is 7.46. The summed E-state index contributed by atoms with van der Waals surface area (Å²) in [6.45, 7) is -0.403. The lowest BCUT2D eigenvalue weighted by molar-refractivity contribution is -0.147. The Balaban J connectivity index is 1.49. The summed E-state index contributed by atoms with van der Waals surface area (Å²) < 4.78 is 5.69. The molecule has 11 heteroatoms. The second-order valence-electron chi connectivity index (χ2n) is 9.08. The third kappa shape index (κ3) is 5.85. The molecular formula is C26H26BrCl2N3O5. The summed E-state index contributed by atoms with van der Waals surface area (Å²) in [6, 6.07) is 6.21. The summed E-state index contributed by atoms with van der Waals surface area (Å²) in [5.74, 6) is -0.917. The molecular weight excluding hydrogens is 585 g/mol. The van der Waals surface area contributed by atoms with E-state index in [4.69, 9.17) is 33.0 Å². The van der Waals surface area contributed by atoms with E-state index in [1.165, 1.54) is 12.4 Å². The molecule has 1 atom stereocenters. The number of hydrogen-bond donors (Lipinski definition) is 3. The maximum atomic E-state index is 12.9. The van der Waals surface area contributed by atoms with Crippen LogP contribution in [-0.2, 0) is 20.7 Å². The highest BCUT2D eigenvalue weighted by molar-refractivity contribution is 9.12. The number of benzene rings is 1. The van der Waals surface area contributed by atoms with Gasteiger partial charge in [0.1, 0.15) is 12.6 Å². The number of aliphatic hydroxyl groups is 1. The molecule has 2 aliphatic carbocycles. The van der Waals surface area contributed by atoms with Gasteiger partial charge < -0.3 is 20.5 Å². The molecule has 3 N–H and O–H groups in total. The zero-order valence-electron chi connectivity index (χ0n) is 19.9. The van der Waals surface area contributed by atoms with Crippen LogP contribution in [0.2, 0.25) is 10.0 Å². The number of esters is 1. The minimum atomic E-state index is -0.768. The van der Waals surface area contributed by atoms with E-state index in [0.717, 1.165) is 43.4 Å². The van der Waals surface area contributed by atoms with Gasteiger partial charge in [0.2, 0.25) is 0 Å². The van der Waals surface area contributed by atoms with Crippen LogP contribution in [-0.4, -0.2) is 47.0 Å². The second kappa shape index (κ2) is 11.9. The number of ketones is 1. The van der Waals surface area contributed by atoms with Crippen LogP contribution in [0.1, 0.15) is 48.0 Å². The summed E-state index contributed by atoms with van der Waals surface area (Å²) >= 11 is 15.5. The standard InChI is InChI=1S/C26H26BrCl2N3O5/c27-21-22(26(23(21)34)8-2-1-3-9-26)32-19(25(36)37-11-10-33)12-15-4-6-16(7-5-15)31-24(35)20-17(28)13-30-14-18(20)29/h4-7,13-14,19,32-33H,1-3,8-12H2,(H,31,35)/t19-/m0/s1. The Morgan fingerprint density at radius 3 is 2.38 bits per heavy atom. The minimum Gasteiger partial charge on any atom is -0.462 e. The number of Topliss-reactive ketones (excluding diaryl/α,β-unsaturated/α-hetero) is 1. The molecule has 1 fully saturated rings. The van der Waals surface area contributed by atoms with E-state index < -0.39 is 23.3 Å². The van der Waals surface area contributed by atoms with Crippen molar-refractivity contribution in [2.24, 2.45) is 5.41 Å². The maximum absolute atomic E-state index is 12.9. The first-order valence-corrected chi connectivity index (χ1v) is 13.5. The SMILES string of the molecule is O=C(Nc1ccc(C[C@H](NC2=C(Br)C(=O)C23CCCCC3)C(=O)OCCO)cc1)c1c(Cl)cncc1Cl. The summed E-state index contributed by atoms with van der Waals surface area (Å²) in [7, 11) is 0. The fraction of sp³-hybridized carbons (Fsp3) is 0.385. The number of carbonyl (C=O) groups excluding carboxylic acids is 3. The lowest BCUT2D eigenvalue weighted by atomic mass is 9.62. The van der Waals surface area contributed by atoms with E-state index >= 15 is 0 Å². The molecule has 8 nitrogen and oxygen atoms in total. The molecule has 1 heterocycles. The number of halogens is 3. The molecule has 0 bridgehead atoms. The molecule has 1 saturated carbocycles. The van der Waals surface area contributed by atoms with Crippen LogP contribution in [0.4, 0.5) is 5.69 Å². The molecule has 0 unspecified atom stereocenters. The fourth-order valence-corrected chi connectivity index (χ4v) is 6.22. The molecule has 1 aromatic heterocycles. The van der Waals surface area contributed by atoms with Crippen molar-refractivity contribution < 1.29 is 24.2 Å². The van der Waals surface area contributed by atoms with E-state index in [0.29, 0.717) is 10.2 Å². The number of carbonyl (C=O) groups is 3. The highest BCUT2D eigenvalue weighted by Crippen LogP contribution is 2.53. The topological polar surface area (TPSA) is 118 Å². The predicted molar refractivity (Wildman–Crippen MR) is 144 cm³/mol. The molecule has 196 valence electrons. The van der Waals surface area contributed by atoms with Gasteiger partial charge in [0, 0.05) is 30.2 Å². The number of aromatic nitrogens is 1. The molecule has 1 amide bonds. The summed E-state index contributed by atoms with van der Waals surface area (Å²) in [5.41, 5.74) is 1.62. The predicted octanol–water partition coefficient (Wildman–Crippen LogP) is 4.82. The molecule has 0 aliphatic heterocycles. The maximum Gasteiger partial charge on any atom is 0.328 e. The van der Waals surface area contributed by atoms with Gasteiger partial charge in [-0.3, -0.25) is 14.6 Å².